The Morgan fingerprint density at radius 1 is 1.21 bits per heavy atom. The molecule has 0 fully saturated rings. The lowest BCUT2D eigenvalue weighted by atomic mass is 9.90. The number of hydrogen-bond acceptors (Lipinski definition) is 2. The Bertz CT molecular complexity index is 518. The average Bonchev–Trinajstić information content (AvgIpc) is 2.53. The van der Waals surface area contributed by atoms with Gasteiger partial charge in [-0.2, -0.15) is 0 Å². The van der Waals surface area contributed by atoms with E-state index in [1.54, 1.807) is 0 Å². The van der Waals surface area contributed by atoms with Crippen molar-refractivity contribution in [2.75, 3.05) is 14.1 Å². The molecular weight excluding hydrogens is 294 g/mol. The lowest BCUT2D eigenvalue weighted by molar-refractivity contribution is -0.118. The summed E-state index contributed by atoms with van der Waals surface area (Å²) in [6, 6.07) is 3.00. The predicted molar refractivity (Wildman–Crippen MR) is 104 cm³/mol. The Balaban J connectivity index is 4.15. The average molecular weight is 328 g/mol. The molecule has 1 atom stereocenters. The van der Waals surface area contributed by atoms with Crippen LogP contribution in [0.15, 0.2) is 24.3 Å². The second-order valence-electron chi connectivity index (χ2n) is 6.43. The van der Waals surface area contributed by atoms with Crippen LogP contribution in [0.5, 0.6) is 0 Å². The molecule has 0 amide bonds. The molecule has 0 rings (SSSR count). The van der Waals surface area contributed by atoms with Crippen molar-refractivity contribution < 1.29 is 4.79 Å². The summed E-state index contributed by atoms with van der Waals surface area (Å²) in [5.41, 5.74) is 0. The number of nitrogens with zero attached hydrogens (tertiary/aromatic N) is 1. The van der Waals surface area contributed by atoms with Crippen LogP contribution in [0.1, 0.15) is 59.3 Å². The van der Waals surface area contributed by atoms with Crippen LogP contribution in [0, 0.1) is 35.6 Å². The second kappa shape index (κ2) is 14.6. The van der Waals surface area contributed by atoms with Gasteiger partial charge in [-0.05, 0) is 31.3 Å². The first-order chi connectivity index (χ1) is 11.5. The molecule has 24 heavy (non-hydrogen) atoms. The maximum absolute atomic E-state index is 11.4. The number of Topliss-reactive ketones (excluding diaryl/α,β-unsaturated/α-hetero) is 1. The van der Waals surface area contributed by atoms with Gasteiger partial charge < -0.3 is 4.90 Å². The van der Waals surface area contributed by atoms with Gasteiger partial charge in [-0.3, -0.25) is 4.79 Å². The smallest absolute Gasteiger partial charge is 0.132 e. The number of hydrogen-bond donors (Lipinski definition) is 0. The zero-order chi connectivity index (χ0) is 18.2. The van der Waals surface area contributed by atoms with E-state index in [1.165, 1.54) is 0 Å². The van der Waals surface area contributed by atoms with E-state index in [1.807, 2.05) is 44.1 Å². The van der Waals surface area contributed by atoms with Crippen LogP contribution in [-0.2, 0) is 4.79 Å². The maximum atomic E-state index is 11.4. The van der Waals surface area contributed by atoms with Crippen molar-refractivity contribution in [1.82, 2.24) is 4.90 Å². The minimum Gasteiger partial charge on any atom is -0.339 e. The second-order valence-corrected chi connectivity index (χ2v) is 6.43. The minimum absolute atomic E-state index is 0.353. The highest BCUT2D eigenvalue weighted by Gasteiger charge is 2.10. The van der Waals surface area contributed by atoms with Gasteiger partial charge >= 0.3 is 0 Å². The van der Waals surface area contributed by atoms with E-state index < -0.39 is 0 Å². The first-order valence-electron chi connectivity index (χ1n) is 8.97. The normalized spacial score (nSPS) is 11.9. The fraction of sp³-hybridized carbons (Fsp3) is 0.591. The van der Waals surface area contributed by atoms with E-state index in [2.05, 4.69) is 43.7 Å². The lowest BCUT2D eigenvalue weighted by Crippen LogP contribution is -2.07. The molecule has 0 saturated heterocycles. The van der Waals surface area contributed by atoms with Crippen LogP contribution in [0.4, 0.5) is 0 Å². The van der Waals surface area contributed by atoms with Crippen LogP contribution in [0.25, 0.3) is 0 Å². The van der Waals surface area contributed by atoms with Gasteiger partial charge in [-0.25, -0.2) is 0 Å². The highest BCUT2D eigenvalue weighted by atomic mass is 16.1. The van der Waals surface area contributed by atoms with Gasteiger partial charge in [0.05, 0.1) is 0 Å². The van der Waals surface area contributed by atoms with E-state index in [9.17, 15) is 4.79 Å². The third kappa shape index (κ3) is 13.7. The van der Waals surface area contributed by atoms with Crippen molar-refractivity contribution in [2.24, 2.45) is 11.8 Å². The topological polar surface area (TPSA) is 20.3 Å². The molecule has 2 heteroatoms. The summed E-state index contributed by atoms with van der Waals surface area (Å²) in [4.78, 5) is 13.2. The monoisotopic (exact) mass is 327 g/mol. The van der Waals surface area contributed by atoms with Crippen molar-refractivity contribution in [3.05, 3.63) is 24.3 Å². The summed E-state index contributed by atoms with van der Waals surface area (Å²) in [6.07, 6.45) is 13.1. The number of allylic oxidation sites excluding steroid dienone is 4. The Labute approximate surface area is 149 Å². The standard InChI is InChI=1S/C22H33NO/c1-6-22(24)18-15-17-21(20(2)3)16-13-11-9-7-8-10-12-14-19-23(4)5/h7-9,11,20-21H,6,10,12,15,17-18H2,1-5H3/b8-7+,11-9+. The summed E-state index contributed by atoms with van der Waals surface area (Å²) in [7, 11) is 3.88. The third-order valence-electron chi connectivity index (χ3n) is 3.60. The number of carbonyl (C=O) groups excluding carboxylic acids is 1. The van der Waals surface area contributed by atoms with E-state index in [0.29, 0.717) is 30.5 Å². The molecule has 0 bridgehead atoms. The van der Waals surface area contributed by atoms with Crippen molar-refractivity contribution in [3.63, 3.8) is 0 Å². The summed E-state index contributed by atoms with van der Waals surface area (Å²) in [5.74, 6) is 10.8. The van der Waals surface area contributed by atoms with E-state index in [4.69, 9.17) is 0 Å². The van der Waals surface area contributed by atoms with E-state index in [-0.39, 0.29) is 0 Å². The molecule has 132 valence electrons. The van der Waals surface area contributed by atoms with Crippen molar-refractivity contribution in [2.45, 2.75) is 59.3 Å². The molecule has 2 nitrogen and oxygen atoms in total. The van der Waals surface area contributed by atoms with Gasteiger partial charge in [-0.15, -0.1) is 0 Å². The summed E-state index contributed by atoms with van der Waals surface area (Å²) >= 11 is 0. The maximum Gasteiger partial charge on any atom is 0.132 e. The third-order valence-corrected chi connectivity index (χ3v) is 3.60. The SMILES string of the molecule is CCC(=O)CCCC(C#C/C=C/C=C/CCC#CN(C)C)C(C)C. The first-order valence-corrected chi connectivity index (χ1v) is 8.97. The molecule has 0 aliphatic carbocycles. The fourth-order valence-electron chi connectivity index (χ4n) is 2.07. The van der Waals surface area contributed by atoms with Gasteiger partial charge in [0, 0.05) is 45.3 Å². The van der Waals surface area contributed by atoms with Crippen LogP contribution < -0.4 is 0 Å². The Morgan fingerprint density at radius 3 is 2.58 bits per heavy atom. The lowest BCUT2D eigenvalue weighted by Gasteiger charge is -2.13. The number of rotatable bonds is 9. The van der Waals surface area contributed by atoms with Crippen LogP contribution in [-0.4, -0.2) is 24.8 Å². The Hall–Kier alpha value is -1.93. The number of unbranched alkanes of at least 4 members (excludes halogenated alkanes) is 1. The fourth-order valence-corrected chi connectivity index (χ4v) is 2.07. The molecule has 0 aromatic heterocycles. The van der Waals surface area contributed by atoms with Crippen molar-refractivity contribution in [3.8, 4) is 23.8 Å². The summed E-state index contributed by atoms with van der Waals surface area (Å²) in [5, 5.41) is 0. The van der Waals surface area contributed by atoms with Gasteiger partial charge in [0.25, 0.3) is 0 Å². The molecule has 1 unspecified atom stereocenters. The highest BCUT2D eigenvalue weighted by molar-refractivity contribution is 5.77. The van der Waals surface area contributed by atoms with Crippen molar-refractivity contribution in [1.29, 1.82) is 0 Å². The zero-order valence-electron chi connectivity index (χ0n) is 16.1. The molecule has 0 aromatic rings. The molecule has 0 radical (unpaired) electrons. The molecule has 0 N–H and O–H groups in total. The van der Waals surface area contributed by atoms with Crippen molar-refractivity contribution >= 4 is 5.78 Å². The molecular formula is C22H33NO. The molecule has 0 aliphatic rings. The zero-order valence-corrected chi connectivity index (χ0v) is 16.1. The van der Waals surface area contributed by atoms with Gasteiger partial charge in [-0.1, -0.05) is 56.8 Å². The van der Waals surface area contributed by atoms with Gasteiger partial charge in [0.15, 0.2) is 0 Å². The molecule has 0 heterocycles. The van der Waals surface area contributed by atoms with Crippen LogP contribution in [0.3, 0.4) is 0 Å². The molecule has 0 saturated carbocycles. The predicted octanol–water partition coefficient (Wildman–Crippen LogP) is 4.83. The summed E-state index contributed by atoms with van der Waals surface area (Å²) in [6.45, 7) is 6.31. The van der Waals surface area contributed by atoms with Gasteiger partial charge in [0.2, 0.25) is 0 Å². The molecule has 0 aliphatic heterocycles. The summed E-state index contributed by atoms with van der Waals surface area (Å²) < 4.78 is 0. The van der Waals surface area contributed by atoms with Crippen LogP contribution in [0.2, 0.25) is 0 Å². The Kier molecular flexibility index (Phi) is 13.5. The van der Waals surface area contributed by atoms with Crippen LogP contribution >= 0.6 is 0 Å². The van der Waals surface area contributed by atoms with Gasteiger partial charge in [0.1, 0.15) is 5.78 Å². The quantitative estimate of drug-likeness (QED) is 0.262. The highest BCUT2D eigenvalue weighted by Crippen LogP contribution is 2.17. The largest absolute Gasteiger partial charge is 0.339 e. The molecule has 0 aromatic carbocycles. The Morgan fingerprint density at radius 2 is 1.96 bits per heavy atom. The number of carbonyl (C=O) groups is 1. The molecule has 0 spiro atoms. The first kappa shape index (κ1) is 22.1. The number of ketones is 1. The van der Waals surface area contributed by atoms with E-state index >= 15 is 0 Å². The van der Waals surface area contributed by atoms with E-state index in [0.717, 1.165) is 25.7 Å². The minimum atomic E-state index is 0.353.